The average molecular weight is 575 g/mol. The number of nitrogens with zero attached hydrogens (tertiary/aromatic N) is 4. The number of nitrogens with two attached hydrogens (primary N) is 1. The number of nitrogens with one attached hydrogen (secondary N) is 3. The van der Waals surface area contributed by atoms with E-state index in [9.17, 15) is 9.59 Å². The van der Waals surface area contributed by atoms with Gasteiger partial charge in [0.05, 0.1) is 0 Å². The number of carbonyl (C=O) groups is 2. The third-order valence-electron chi connectivity index (χ3n) is 8.31. The summed E-state index contributed by atoms with van der Waals surface area (Å²) >= 11 is 0. The maximum absolute atomic E-state index is 13.6. The van der Waals surface area contributed by atoms with Gasteiger partial charge in [-0.05, 0) is 84.1 Å². The zero-order valence-electron chi connectivity index (χ0n) is 23.7. The van der Waals surface area contributed by atoms with Gasteiger partial charge < -0.3 is 16.4 Å². The zero-order chi connectivity index (χ0) is 29.6. The molecule has 0 spiro atoms. The van der Waals surface area contributed by atoms with Crippen LogP contribution in [-0.2, 0) is 16.0 Å². The van der Waals surface area contributed by atoms with Crippen LogP contribution in [0.25, 0.3) is 33.3 Å². The van der Waals surface area contributed by atoms with Crippen LogP contribution in [0.3, 0.4) is 0 Å². The van der Waals surface area contributed by atoms with Gasteiger partial charge in [0.1, 0.15) is 6.04 Å². The Morgan fingerprint density at radius 3 is 2.37 bits per heavy atom. The third-order valence-corrected chi connectivity index (χ3v) is 8.31. The lowest BCUT2D eigenvalue weighted by Crippen LogP contribution is -2.48. The standard InChI is InChI=1S/C33H34N8O2/c34-18-22-7-11-25(12-8-22)32(42)37-30(33(43)36-27-15-13-24(14-16-27)31-38-40-41-39-31)17-21-5-9-23(10-6-21)29-20-35-19-26-3-1-2-4-28(26)29/h1-6,9-10,13-16,19-20,22,25,30H,7-8,11-12,17-18,34H2,(H,36,43)(H,37,42)(H,38,39,40,41)/t22?,25?,30-/m0/s1. The topological polar surface area (TPSA) is 152 Å². The minimum absolute atomic E-state index is 0.0819. The molecule has 3 aromatic carbocycles. The number of aromatic amines is 1. The van der Waals surface area contributed by atoms with Crippen LogP contribution in [0.4, 0.5) is 5.69 Å². The normalized spacial score (nSPS) is 17.3. The molecule has 218 valence electrons. The van der Waals surface area contributed by atoms with E-state index in [0.29, 0.717) is 30.4 Å². The number of aromatic nitrogens is 5. The van der Waals surface area contributed by atoms with Crippen molar-refractivity contribution in [1.82, 2.24) is 30.9 Å². The summed E-state index contributed by atoms with van der Waals surface area (Å²) < 4.78 is 0. The Bertz CT molecular complexity index is 1670. The summed E-state index contributed by atoms with van der Waals surface area (Å²) in [7, 11) is 0. The van der Waals surface area contributed by atoms with E-state index in [1.807, 2.05) is 67.0 Å². The monoisotopic (exact) mass is 574 g/mol. The highest BCUT2D eigenvalue weighted by molar-refractivity contribution is 5.98. The second-order valence-corrected chi connectivity index (χ2v) is 11.1. The van der Waals surface area contributed by atoms with E-state index in [-0.39, 0.29) is 17.7 Å². The summed E-state index contributed by atoms with van der Waals surface area (Å²) in [6.07, 6.45) is 7.52. The number of benzene rings is 3. The molecule has 5 aromatic rings. The minimum atomic E-state index is -0.748. The van der Waals surface area contributed by atoms with Crippen molar-refractivity contribution in [3.8, 4) is 22.5 Å². The SMILES string of the molecule is NCC1CCC(C(=O)N[C@@H](Cc2ccc(-c3cncc4ccccc34)cc2)C(=O)Nc2ccc(-c3nn[nH]n3)cc2)CC1. The summed E-state index contributed by atoms with van der Waals surface area (Å²) in [5.74, 6) is 0.456. The summed E-state index contributed by atoms with van der Waals surface area (Å²) in [5, 5.41) is 22.2. The number of rotatable bonds is 9. The zero-order valence-corrected chi connectivity index (χ0v) is 23.7. The van der Waals surface area contributed by atoms with Gasteiger partial charge in [-0.3, -0.25) is 14.6 Å². The second kappa shape index (κ2) is 12.9. The highest BCUT2D eigenvalue weighted by Gasteiger charge is 2.29. The molecular weight excluding hydrogens is 540 g/mol. The second-order valence-electron chi connectivity index (χ2n) is 11.1. The Labute approximate surface area is 249 Å². The van der Waals surface area contributed by atoms with Gasteiger partial charge in [-0.15, -0.1) is 10.2 Å². The van der Waals surface area contributed by atoms with Crippen LogP contribution in [0.15, 0.2) is 85.2 Å². The Kier molecular flexibility index (Phi) is 8.46. The Morgan fingerprint density at radius 2 is 1.65 bits per heavy atom. The molecule has 5 N–H and O–H groups in total. The van der Waals surface area contributed by atoms with Gasteiger partial charge in [0.15, 0.2) is 0 Å². The fourth-order valence-corrected chi connectivity index (χ4v) is 5.78. The van der Waals surface area contributed by atoms with Crippen LogP contribution in [-0.4, -0.2) is 50.0 Å². The first-order valence-electron chi connectivity index (χ1n) is 14.6. The Balaban J connectivity index is 1.19. The number of anilines is 1. The number of hydrogen-bond acceptors (Lipinski definition) is 7. The van der Waals surface area contributed by atoms with Gasteiger partial charge in [0.2, 0.25) is 17.6 Å². The van der Waals surface area contributed by atoms with E-state index < -0.39 is 6.04 Å². The van der Waals surface area contributed by atoms with E-state index in [1.54, 1.807) is 12.1 Å². The Hall–Kier alpha value is -4.96. The van der Waals surface area contributed by atoms with Gasteiger partial charge in [-0.2, -0.15) is 5.21 Å². The lowest BCUT2D eigenvalue weighted by Gasteiger charge is -2.28. The van der Waals surface area contributed by atoms with E-state index in [1.165, 1.54) is 0 Å². The molecule has 1 fully saturated rings. The number of tetrazole rings is 1. The number of pyridine rings is 1. The maximum Gasteiger partial charge on any atom is 0.247 e. The molecule has 2 amide bonds. The first-order chi connectivity index (χ1) is 21.1. The third kappa shape index (κ3) is 6.60. The van der Waals surface area contributed by atoms with Crippen LogP contribution < -0.4 is 16.4 Å². The molecule has 10 nitrogen and oxygen atoms in total. The van der Waals surface area contributed by atoms with Crippen molar-refractivity contribution in [2.24, 2.45) is 17.6 Å². The van der Waals surface area contributed by atoms with E-state index in [0.717, 1.165) is 58.7 Å². The van der Waals surface area contributed by atoms with Crippen molar-refractivity contribution in [3.63, 3.8) is 0 Å². The number of carbonyl (C=O) groups excluding carboxylic acids is 2. The molecule has 10 heteroatoms. The molecule has 1 saturated carbocycles. The summed E-state index contributed by atoms with van der Waals surface area (Å²) in [6, 6.07) is 22.7. The van der Waals surface area contributed by atoms with Gasteiger partial charge >= 0.3 is 0 Å². The predicted octanol–water partition coefficient (Wildman–Crippen LogP) is 4.51. The van der Waals surface area contributed by atoms with Crippen molar-refractivity contribution in [2.45, 2.75) is 38.1 Å². The van der Waals surface area contributed by atoms with Gasteiger partial charge in [-0.25, -0.2) is 0 Å². The number of amides is 2. The summed E-state index contributed by atoms with van der Waals surface area (Å²) in [6.45, 7) is 0.649. The predicted molar refractivity (Wildman–Crippen MR) is 166 cm³/mol. The molecule has 0 radical (unpaired) electrons. The molecule has 2 heterocycles. The quantitative estimate of drug-likeness (QED) is 0.202. The molecule has 2 aromatic heterocycles. The minimum Gasteiger partial charge on any atom is -0.344 e. The number of H-pyrrole nitrogens is 1. The molecule has 1 aliphatic rings. The molecule has 0 saturated heterocycles. The molecule has 6 rings (SSSR count). The maximum atomic E-state index is 13.6. The number of hydrogen-bond donors (Lipinski definition) is 4. The molecule has 43 heavy (non-hydrogen) atoms. The largest absolute Gasteiger partial charge is 0.344 e. The van der Waals surface area contributed by atoms with Gasteiger partial charge in [-0.1, -0.05) is 48.5 Å². The van der Waals surface area contributed by atoms with E-state index in [4.69, 9.17) is 5.73 Å². The summed E-state index contributed by atoms with van der Waals surface area (Å²) in [5.41, 5.74) is 10.3. The first kappa shape index (κ1) is 28.2. The van der Waals surface area contributed by atoms with Crippen LogP contribution >= 0.6 is 0 Å². The molecule has 0 bridgehead atoms. The van der Waals surface area contributed by atoms with Crippen molar-refractivity contribution < 1.29 is 9.59 Å². The highest BCUT2D eigenvalue weighted by Crippen LogP contribution is 2.30. The van der Waals surface area contributed by atoms with Crippen molar-refractivity contribution in [1.29, 1.82) is 0 Å². The summed E-state index contributed by atoms with van der Waals surface area (Å²) in [4.78, 5) is 31.3. The van der Waals surface area contributed by atoms with E-state index in [2.05, 4.69) is 42.3 Å². The van der Waals surface area contributed by atoms with Crippen LogP contribution in [0.2, 0.25) is 0 Å². The van der Waals surface area contributed by atoms with Crippen LogP contribution in [0.5, 0.6) is 0 Å². The smallest absolute Gasteiger partial charge is 0.247 e. The lowest BCUT2D eigenvalue weighted by molar-refractivity contribution is -0.130. The van der Waals surface area contributed by atoms with Gasteiger partial charge in [0, 0.05) is 46.9 Å². The van der Waals surface area contributed by atoms with Gasteiger partial charge in [0.25, 0.3) is 0 Å². The van der Waals surface area contributed by atoms with Crippen LogP contribution in [0, 0.1) is 11.8 Å². The highest BCUT2D eigenvalue weighted by atomic mass is 16.2. The van der Waals surface area contributed by atoms with Crippen molar-refractivity contribution >= 4 is 28.3 Å². The lowest BCUT2D eigenvalue weighted by atomic mass is 9.81. The van der Waals surface area contributed by atoms with Crippen LogP contribution in [0.1, 0.15) is 31.2 Å². The molecule has 1 atom stereocenters. The van der Waals surface area contributed by atoms with Crippen molar-refractivity contribution in [3.05, 3.63) is 90.8 Å². The molecule has 0 aliphatic heterocycles. The molecule has 1 aliphatic carbocycles. The fraction of sp³-hybridized carbons (Fsp3) is 0.273. The number of fused-ring (bicyclic) bond motifs is 1. The fourth-order valence-electron chi connectivity index (χ4n) is 5.78. The Morgan fingerprint density at radius 1 is 0.907 bits per heavy atom. The molecule has 0 unspecified atom stereocenters. The molecular formula is C33H34N8O2. The average Bonchev–Trinajstić information content (AvgIpc) is 3.60. The van der Waals surface area contributed by atoms with E-state index >= 15 is 0 Å². The van der Waals surface area contributed by atoms with Crippen molar-refractivity contribution in [2.75, 3.05) is 11.9 Å². The first-order valence-corrected chi connectivity index (χ1v) is 14.6.